The van der Waals surface area contributed by atoms with Gasteiger partial charge in [0.25, 0.3) is 0 Å². The van der Waals surface area contributed by atoms with E-state index in [-0.39, 0.29) is 0 Å². The van der Waals surface area contributed by atoms with E-state index in [1.165, 1.54) is 22.2 Å². The van der Waals surface area contributed by atoms with Crippen LogP contribution < -0.4 is 0 Å². The third-order valence-corrected chi connectivity index (χ3v) is 7.35. The van der Waals surface area contributed by atoms with Crippen molar-refractivity contribution in [2.45, 2.75) is 39.0 Å². The summed E-state index contributed by atoms with van der Waals surface area (Å²) in [6.07, 6.45) is 2.24. The van der Waals surface area contributed by atoms with E-state index in [4.69, 9.17) is 0 Å². The quantitative estimate of drug-likeness (QED) is 0.775. The van der Waals surface area contributed by atoms with Gasteiger partial charge in [-0.25, -0.2) is 0 Å². The molecular formula is C12H21NSn. The Kier molecular flexibility index (Phi) is 4.42. The molecule has 0 unspecified atom stereocenters. The molecule has 0 atom stereocenters. The van der Waals surface area contributed by atoms with Gasteiger partial charge in [0.1, 0.15) is 0 Å². The molecule has 0 aliphatic heterocycles. The Morgan fingerprint density at radius 3 is 2.36 bits per heavy atom. The zero-order chi connectivity index (χ0) is 10.6. The molecule has 0 saturated heterocycles. The third-order valence-electron chi connectivity index (χ3n) is 2.36. The Morgan fingerprint density at radius 1 is 1.14 bits per heavy atom. The van der Waals surface area contributed by atoms with Crippen molar-refractivity contribution in [2.75, 3.05) is 0 Å². The van der Waals surface area contributed by atoms with E-state index < -0.39 is 18.4 Å². The number of aryl methyl sites for hydroxylation is 2. The molecule has 0 spiro atoms. The predicted molar refractivity (Wildman–Crippen MR) is 65.5 cm³/mol. The zero-order valence-electron chi connectivity index (χ0n) is 9.80. The van der Waals surface area contributed by atoms with Crippen LogP contribution in [0.5, 0.6) is 0 Å². The number of pyridine rings is 1. The van der Waals surface area contributed by atoms with Crippen LogP contribution >= 0.6 is 0 Å². The van der Waals surface area contributed by atoms with E-state index in [2.05, 4.69) is 44.9 Å². The molecule has 2 heteroatoms. The van der Waals surface area contributed by atoms with Crippen molar-refractivity contribution in [3.05, 3.63) is 29.6 Å². The molecule has 1 aromatic heterocycles. The predicted octanol–water partition coefficient (Wildman–Crippen LogP) is 3.52. The molecule has 0 aliphatic carbocycles. The summed E-state index contributed by atoms with van der Waals surface area (Å²) < 4.78 is 1.41. The maximum absolute atomic E-state index is 4.63. The second kappa shape index (κ2) is 5.15. The first kappa shape index (κ1) is 12.0. The second-order valence-electron chi connectivity index (χ2n) is 5.03. The Balaban J connectivity index is 2.59. The van der Waals surface area contributed by atoms with E-state index in [1.807, 2.05) is 0 Å². The fraction of sp³-hybridized carbons (Fsp3) is 0.583. The van der Waals surface area contributed by atoms with Gasteiger partial charge < -0.3 is 0 Å². The fourth-order valence-corrected chi connectivity index (χ4v) is 4.24. The van der Waals surface area contributed by atoms with Crippen LogP contribution in [0.3, 0.4) is 0 Å². The fourth-order valence-electron chi connectivity index (χ4n) is 1.37. The van der Waals surface area contributed by atoms with Crippen molar-refractivity contribution < 1.29 is 0 Å². The van der Waals surface area contributed by atoms with E-state index in [0.717, 1.165) is 6.42 Å². The third kappa shape index (κ3) is 4.45. The van der Waals surface area contributed by atoms with E-state index in [9.17, 15) is 0 Å². The van der Waals surface area contributed by atoms with Crippen LogP contribution in [-0.2, 0) is 12.8 Å². The van der Waals surface area contributed by atoms with Crippen molar-refractivity contribution in [2.24, 2.45) is 0 Å². The second-order valence-corrected chi connectivity index (χ2v) is 21.1. The van der Waals surface area contributed by atoms with Crippen molar-refractivity contribution in [1.29, 1.82) is 0 Å². The number of hydrogen-bond donors (Lipinski definition) is 0. The van der Waals surface area contributed by atoms with Crippen LogP contribution in [0, 0.1) is 0 Å². The summed E-state index contributed by atoms with van der Waals surface area (Å²) in [4.78, 5) is 12.1. The Hall–Kier alpha value is -0.0513. The van der Waals surface area contributed by atoms with Crippen LogP contribution in [-0.4, -0.2) is 23.4 Å². The minimum atomic E-state index is -1.58. The van der Waals surface area contributed by atoms with Gasteiger partial charge >= 0.3 is 92.0 Å². The van der Waals surface area contributed by atoms with E-state index in [1.54, 1.807) is 0 Å². The van der Waals surface area contributed by atoms with Gasteiger partial charge in [0.2, 0.25) is 0 Å². The Morgan fingerprint density at radius 2 is 1.79 bits per heavy atom. The first-order chi connectivity index (χ1) is 6.51. The van der Waals surface area contributed by atoms with Gasteiger partial charge in [-0.3, -0.25) is 0 Å². The molecular weight excluding hydrogens is 277 g/mol. The SMILES string of the molecule is CCc1cccc(C[CH2][Sn]([CH3])([CH3])[CH3])n1. The maximum atomic E-state index is 4.63. The van der Waals surface area contributed by atoms with Gasteiger partial charge in [-0.1, -0.05) is 0 Å². The molecule has 0 bridgehead atoms. The standard InChI is InChI=1S/C9H12N.3CH3.Sn/c1-3-8-6-5-7-9(4-2)10-8;;;;/h5-7H,1,3-4H2,2H3;3*1H3;. The molecule has 14 heavy (non-hydrogen) atoms. The van der Waals surface area contributed by atoms with Crippen LogP contribution in [0.4, 0.5) is 0 Å². The molecule has 0 amide bonds. The summed E-state index contributed by atoms with van der Waals surface area (Å²) in [7, 11) is 0. The van der Waals surface area contributed by atoms with Crippen LogP contribution in [0.25, 0.3) is 0 Å². The average Bonchev–Trinajstić information content (AvgIpc) is 2.14. The van der Waals surface area contributed by atoms with E-state index >= 15 is 0 Å². The number of hydrogen-bond acceptors (Lipinski definition) is 1. The van der Waals surface area contributed by atoms with Gasteiger partial charge in [0.15, 0.2) is 0 Å². The Labute approximate surface area is 91.8 Å². The Bertz CT molecular complexity index is 289. The number of nitrogens with zero attached hydrogens (tertiary/aromatic N) is 1. The molecule has 0 aliphatic rings. The van der Waals surface area contributed by atoms with Crippen molar-refractivity contribution >= 4 is 18.4 Å². The number of rotatable bonds is 4. The van der Waals surface area contributed by atoms with Crippen LogP contribution in [0.2, 0.25) is 19.3 Å². The summed E-state index contributed by atoms with van der Waals surface area (Å²) in [5.74, 6) is 0. The molecule has 1 heterocycles. The molecule has 0 saturated carbocycles. The molecule has 0 aromatic carbocycles. The van der Waals surface area contributed by atoms with Crippen LogP contribution in [0.15, 0.2) is 18.2 Å². The zero-order valence-corrected chi connectivity index (χ0v) is 12.7. The molecule has 78 valence electrons. The monoisotopic (exact) mass is 299 g/mol. The first-order valence-electron chi connectivity index (χ1n) is 5.46. The first-order valence-corrected chi connectivity index (χ1v) is 16.0. The summed E-state index contributed by atoms with van der Waals surface area (Å²) in [6.45, 7) is 2.16. The molecule has 1 rings (SSSR count). The van der Waals surface area contributed by atoms with Crippen molar-refractivity contribution in [3.8, 4) is 0 Å². The average molecular weight is 298 g/mol. The normalized spacial score (nSPS) is 11.7. The van der Waals surface area contributed by atoms with Crippen molar-refractivity contribution in [1.82, 2.24) is 4.98 Å². The topological polar surface area (TPSA) is 12.9 Å². The molecule has 0 N–H and O–H groups in total. The van der Waals surface area contributed by atoms with Gasteiger partial charge in [0.05, 0.1) is 0 Å². The summed E-state index contributed by atoms with van der Waals surface area (Å²) in [6, 6.07) is 6.42. The molecule has 1 nitrogen and oxygen atoms in total. The van der Waals surface area contributed by atoms with Crippen molar-refractivity contribution in [3.63, 3.8) is 0 Å². The van der Waals surface area contributed by atoms with Gasteiger partial charge in [0, 0.05) is 0 Å². The van der Waals surface area contributed by atoms with E-state index in [0.29, 0.717) is 0 Å². The van der Waals surface area contributed by atoms with Crippen LogP contribution in [0.1, 0.15) is 18.3 Å². The molecule has 0 fully saturated rings. The number of aromatic nitrogens is 1. The van der Waals surface area contributed by atoms with Gasteiger partial charge in [-0.2, -0.15) is 0 Å². The summed E-state index contributed by atoms with van der Waals surface area (Å²) in [5.41, 5.74) is 2.52. The summed E-state index contributed by atoms with van der Waals surface area (Å²) >= 11 is -1.58. The van der Waals surface area contributed by atoms with Gasteiger partial charge in [-0.05, 0) is 0 Å². The molecule has 1 aromatic rings. The van der Waals surface area contributed by atoms with Gasteiger partial charge in [-0.15, -0.1) is 0 Å². The minimum absolute atomic E-state index is 1.05. The summed E-state index contributed by atoms with van der Waals surface area (Å²) in [5, 5.41) is 0. The molecule has 0 radical (unpaired) electrons.